The molecule has 3 aromatic rings. The lowest BCUT2D eigenvalue weighted by Gasteiger charge is -2.25. The molecule has 1 aliphatic rings. The van der Waals surface area contributed by atoms with E-state index in [9.17, 15) is 0 Å². The third kappa shape index (κ3) is 3.89. The number of hydrogen-bond donors (Lipinski definition) is 1. The highest BCUT2D eigenvalue weighted by Crippen LogP contribution is 2.19. The second kappa shape index (κ2) is 7.33. The highest BCUT2D eigenvalue weighted by Gasteiger charge is 2.20. The maximum Gasteiger partial charge on any atom is 0.181 e. The number of H-pyrrole nitrogens is 1. The van der Waals surface area contributed by atoms with Crippen molar-refractivity contribution in [1.82, 2.24) is 20.1 Å². The summed E-state index contributed by atoms with van der Waals surface area (Å²) < 4.78 is 5.86. The van der Waals surface area contributed by atoms with Crippen LogP contribution in [0.3, 0.4) is 0 Å². The smallest absolute Gasteiger partial charge is 0.181 e. The van der Waals surface area contributed by atoms with Crippen LogP contribution in [0.4, 0.5) is 0 Å². The van der Waals surface area contributed by atoms with Crippen molar-refractivity contribution in [3.63, 3.8) is 0 Å². The Morgan fingerprint density at radius 2 is 2.04 bits per heavy atom. The Kier molecular flexibility index (Phi) is 4.76. The van der Waals surface area contributed by atoms with Crippen LogP contribution < -0.4 is 0 Å². The average Bonchev–Trinajstić information content (AvgIpc) is 3.26. The van der Waals surface area contributed by atoms with Crippen molar-refractivity contribution in [3.05, 3.63) is 59.4 Å². The van der Waals surface area contributed by atoms with Crippen LogP contribution in [0.5, 0.6) is 0 Å². The minimum atomic E-state index is 0.344. The molecule has 5 heteroatoms. The van der Waals surface area contributed by atoms with Crippen LogP contribution in [0.15, 0.2) is 42.6 Å². The number of fused-ring (bicyclic) bond motifs is 1. The minimum absolute atomic E-state index is 0.344. The van der Waals surface area contributed by atoms with E-state index < -0.39 is 0 Å². The summed E-state index contributed by atoms with van der Waals surface area (Å²) in [4.78, 5) is 6.96. The van der Waals surface area contributed by atoms with Crippen LogP contribution >= 0.6 is 0 Å². The molecule has 3 heterocycles. The van der Waals surface area contributed by atoms with Crippen molar-refractivity contribution in [2.24, 2.45) is 0 Å². The fourth-order valence-electron chi connectivity index (χ4n) is 3.51. The fraction of sp³-hybridized carbons (Fsp3) is 0.400. The molecule has 1 aromatic carbocycles. The number of nitrogens with one attached hydrogen (secondary N) is 1. The molecule has 0 radical (unpaired) electrons. The van der Waals surface area contributed by atoms with Crippen molar-refractivity contribution in [2.75, 3.05) is 13.2 Å². The molecule has 0 bridgehead atoms. The quantitative estimate of drug-likeness (QED) is 0.749. The van der Waals surface area contributed by atoms with E-state index in [2.05, 4.69) is 56.5 Å². The van der Waals surface area contributed by atoms with Crippen LogP contribution in [0.25, 0.3) is 11.0 Å². The summed E-state index contributed by atoms with van der Waals surface area (Å²) in [6.07, 6.45) is 4.61. The topological polar surface area (TPSA) is 54.0 Å². The maximum atomic E-state index is 5.86. The van der Waals surface area contributed by atoms with Gasteiger partial charge in [-0.2, -0.15) is 5.10 Å². The third-order valence-corrected chi connectivity index (χ3v) is 4.80. The summed E-state index contributed by atoms with van der Waals surface area (Å²) in [7, 11) is 0. The molecule has 0 spiro atoms. The molecule has 2 aromatic heterocycles. The van der Waals surface area contributed by atoms with Crippen molar-refractivity contribution < 1.29 is 4.74 Å². The average molecular weight is 336 g/mol. The Morgan fingerprint density at radius 3 is 2.84 bits per heavy atom. The van der Waals surface area contributed by atoms with Gasteiger partial charge in [0.25, 0.3) is 0 Å². The first-order chi connectivity index (χ1) is 12.3. The number of ether oxygens (including phenoxy) is 1. The van der Waals surface area contributed by atoms with Crippen LogP contribution in [0.2, 0.25) is 0 Å². The Bertz CT molecular complexity index is 824. The van der Waals surface area contributed by atoms with E-state index in [1.807, 2.05) is 13.1 Å². The SMILES string of the molecule is Cc1[nH]nc2ncc(CN(Cc3ccccc3)CC3CCCO3)cc12. The number of benzene rings is 1. The number of pyridine rings is 1. The first-order valence-corrected chi connectivity index (χ1v) is 8.95. The zero-order valence-corrected chi connectivity index (χ0v) is 14.6. The summed E-state index contributed by atoms with van der Waals surface area (Å²) in [5, 5.41) is 8.34. The number of hydrogen-bond acceptors (Lipinski definition) is 4. The third-order valence-electron chi connectivity index (χ3n) is 4.80. The molecule has 1 unspecified atom stereocenters. The Hall–Kier alpha value is -2.24. The van der Waals surface area contributed by atoms with Gasteiger partial charge in [0.15, 0.2) is 5.65 Å². The molecule has 4 rings (SSSR count). The number of nitrogens with zero attached hydrogens (tertiary/aromatic N) is 3. The first-order valence-electron chi connectivity index (χ1n) is 8.95. The standard InChI is InChI=1S/C20H24N4O/c1-15-19-10-17(11-21-20(19)23-22-15)13-24(14-18-8-5-9-25-18)12-16-6-3-2-4-7-16/h2-4,6-7,10-11,18H,5,8-9,12-14H2,1H3,(H,21,22,23). The number of aryl methyl sites for hydroxylation is 1. The molecule has 1 saturated heterocycles. The number of rotatable bonds is 6. The summed E-state index contributed by atoms with van der Waals surface area (Å²) >= 11 is 0. The maximum absolute atomic E-state index is 5.86. The largest absolute Gasteiger partial charge is 0.377 e. The Morgan fingerprint density at radius 1 is 1.20 bits per heavy atom. The normalized spacial score (nSPS) is 17.6. The molecule has 0 saturated carbocycles. The van der Waals surface area contributed by atoms with Gasteiger partial charge in [-0.3, -0.25) is 10.00 Å². The Balaban J connectivity index is 1.53. The molecule has 0 amide bonds. The highest BCUT2D eigenvalue weighted by atomic mass is 16.5. The molecule has 1 aliphatic heterocycles. The fourth-order valence-corrected chi connectivity index (χ4v) is 3.51. The molecule has 5 nitrogen and oxygen atoms in total. The van der Waals surface area contributed by atoms with Crippen LogP contribution in [0, 0.1) is 6.92 Å². The molecular weight excluding hydrogens is 312 g/mol. The van der Waals surface area contributed by atoms with Gasteiger partial charge in [-0.05, 0) is 37.0 Å². The van der Waals surface area contributed by atoms with Crippen molar-refractivity contribution in [3.8, 4) is 0 Å². The van der Waals surface area contributed by atoms with E-state index in [1.54, 1.807) is 0 Å². The van der Waals surface area contributed by atoms with Gasteiger partial charge in [-0.25, -0.2) is 4.98 Å². The number of aromatic amines is 1. The summed E-state index contributed by atoms with van der Waals surface area (Å²) in [5.41, 5.74) is 4.40. The van der Waals surface area contributed by atoms with E-state index in [0.29, 0.717) is 6.10 Å². The van der Waals surface area contributed by atoms with Gasteiger partial charge in [0.05, 0.1) is 6.10 Å². The molecular formula is C20H24N4O. The molecule has 0 aliphatic carbocycles. The molecule has 1 atom stereocenters. The van der Waals surface area contributed by atoms with Crippen LogP contribution in [-0.4, -0.2) is 39.3 Å². The lowest BCUT2D eigenvalue weighted by Crippen LogP contribution is -2.31. The lowest BCUT2D eigenvalue weighted by molar-refractivity contribution is 0.0679. The van der Waals surface area contributed by atoms with Crippen molar-refractivity contribution in [2.45, 2.75) is 39.0 Å². The van der Waals surface area contributed by atoms with Gasteiger partial charge in [0.2, 0.25) is 0 Å². The second-order valence-corrected chi connectivity index (χ2v) is 6.85. The van der Waals surface area contributed by atoms with Gasteiger partial charge in [0, 0.05) is 43.5 Å². The second-order valence-electron chi connectivity index (χ2n) is 6.85. The van der Waals surface area contributed by atoms with E-state index in [0.717, 1.165) is 49.4 Å². The van der Waals surface area contributed by atoms with Crippen molar-refractivity contribution >= 4 is 11.0 Å². The minimum Gasteiger partial charge on any atom is -0.377 e. The van der Waals surface area contributed by atoms with Gasteiger partial charge >= 0.3 is 0 Å². The highest BCUT2D eigenvalue weighted by molar-refractivity contribution is 5.77. The zero-order chi connectivity index (χ0) is 17.1. The lowest BCUT2D eigenvalue weighted by atomic mass is 10.1. The predicted molar refractivity (Wildman–Crippen MR) is 98.2 cm³/mol. The Labute approximate surface area is 148 Å². The van der Waals surface area contributed by atoms with Gasteiger partial charge in [0.1, 0.15) is 0 Å². The first kappa shape index (κ1) is 16.2. The van der Waals surface area contributed by atoms with E-state index in [-0.39, 0.29) is 0 Å². The van der Waals surface area contributed by atoms with E-state index in [4.69, 9.17) is 4.74 Å². The molecule has 130 valence electrons. The van der Waals surface area contributed by atoms with E-state index >= 15 is 0 Å². The zero-order valence-electron chi connectivity index (χ0n) is 14.6. The molecule has 1 fully saturated rings. The summed E-state index contributed by atoms with van der Waals surface area (Å²) in [6, 6.07) is 12.8. The van der Waals surface area contributed by atoms with Crippen LogP contribution in [0.1, 0.15) is 29.7 Å². The number of aromatic nitrogens is 3. The molecule has 1 N–H and O–H groups in total. The van der Waals surface area contributed by atoms with Crippen LogP contribution in [-0.2, 0) is 17.8 Å². The van der Waals surface area contributed by atoms with Gasteiger partial charge < -0.3 is 4.74 Å². The van der Waals surface area contributed by atoms with Crippen molar-refractivity contribution in [1.29, 1.82) is 0 Å². The predicted octanol–water partition coefficient (Wildman–Crippen LogP) is 3.45. The van der Waals surface area contributed by atoms with E-state index in [1.165, 1.54) is 17.5 Å². The summed E-state index contributed by atoms with van der Waals surface area (Å²) in [5.74, 6) is 0. The van der Waals surface area contributed by atoms with Gasteiger partial charge in [-0.15, -0.1) is 0 Å². The molecule has 25 heavy (non-hydrogen) atoms. The van der Waals surface area contributed by atoms with Gasteiger partial charge in [-0.1, -0.05) is 30.3 Å². The summed E-state index contributed by atoms with van der Waals surface area (Å²) in [6.45, 7) is 5.67. The monoisotopic (exact) mass is 336 g/mol.